The van der Waals surface area contributed by atoms with E-state index in [9.17, 15) is 0 Å². The van der Waals surface area contributed by atoms with Crippen molar-refractivity contribution in [3.05, 3.63) is 15.2 Å². The Hall–Kier alpha value is 0.205. The predicted octanol–water partition coefficient (Wildman–Crippen LogP) is 1.98. The average Bonchev–Trinajstić information content (AvgIpc) is 2.41. The third kappa shape index (κ3) is 0.864. The smallest absolute Gasteiger partial charge is 0.142 e. The minimum Gasteiger partial charge on any atom is -0.142 e. The third-order valence-electron chi connectivity index (χ3n) is 1.42. The Bertz CT molecular complexity index is 327. The van der Waals surface area contributed by atoms with Crippen LogP contribution in [-0.4, -0.2) is 7.85 Å². The first-order chi connectivity index (χ1) is 4.79. The summed E-state index contributed by atoms with van der Waals surface area (Å²) in [5.41, 5.74) is 1.40. The first-order valence-corrected chi connectivity index (χ1v) is 5.45. The molecule has 0 nitrogen and oxygen atoms in total. The molecule has 0 fully saturated rings. The molecule has 0 saturated carbocycles. The molecule has 0 radical (unpaired) electrons. The molecule has 0 unspecified atom stereocenters. The summed E-state index contributed by atoms with van der Waals surface area (Å²) in [6.45, 7) is 0. The molecule has 2 rings (SSSR count). The molecule has 0 atom stereocenters. The second kappa shape index (κ2) is 2.36. The zero-order chi connectivity index (χ0) is 7.14. The normalized spacial score (nSPS) is 10.9. The van der Waals surface area contributed by atoms with Gasteiger partial charge in [-0.2, -0.15) is 0 Å². The molecule has 2 heterocycles. The molecule has 2 aromatic heterocycles. The Morgan fingerprint density at radius 3 is 2.60 bits per heavy atom. The van der Waals surface area contributed by atoms with Gasteiger partial charge >= 0.3 is 0 Å². The Kier molecular flexibility index (Phi) is 1.63. The Morgan fingerprint density at radius 1 is 1.20 bits per heavy atom. The van der Waals surface area contributed by atoms with Gasteiger partial charge in [0.2, 0.25) is 0 Å². The van der Waals surface area contributed by atoms with Gasteiger partial charge in [-0.25, -0.2) is 0 Å². The molecule has 0 aromatic carbocycles. The number of hydrogen-bond donors (Lipinski definition) is 0. The van der Waals surface area contributed by atoms with E-state index >= 15 is 0 Å². The molecule has 0 aliphatic rings. The highest BCUT2D eigenvalue weighted by Gasteiger charge is 2.04. The highest BCUT2D eigenvalue weighted by Crippen LogP contribution is 2.32. The van der Waals surface area contributed by atoms with Crippen LogP contribution in [0.1, 0.15) is 0 Å². The van der Waals surface area contributed by atoms with Gasteiger partial charge in [-0.3, -0.25) is 0 Å². The van der Waals surface area contributed by atoms with Crippen LogP contribution in [0, 0.1) is 0 Å². The van der Waals surface area contributed by atoms with Crippen LogP contribution in [-0.2, 0) is 0 Å². The lowest BCUT2D eigenvalue weighted by molar-refractivity contribution is 2.09. The molecule has 0 amide bonds. The van der Waals surface area contributed by atoms with Gasteiger partial charge in [0.05, 0.1) is 4.70 Å². The molecule has 10 heavy (non-hydrogen) atoms. The molecule has 4 heteroatoms. The van der Waals surface area contributed by atoms with E-state index in [1.165, 1.54) is 19.3 Å². The third-order valence-corrected chi connectivity index (χ3v) is 4.98. The topological polar surface area (TPSA) is 0 Å². The van der Waals surface area contributed by atoms with E-state index in [0.29, 0.717) is 0 Å². The molecule has 0 aliphatic heterocycles. The van der Waals surface area contributed by atoms with E-state index in [-0.39, 0.29) is 0 Å². The molecule has 0 spiro atoms. The van der Waals surface area contributed by atoms with E-state index in [2.05, 4.69) is 34.5 Å². The largest absolute Gasteiger partial charge is 0.142 e. The minimum absolute atomic E-state index is 1.24. The predicted molar refractivity (Wildman–Crippen MR) is 55.6 cm³/mol. The van der Waals surface area contributed by atoms with Crippen molar-refractivity contribution in [2.75, 3.05) is 0 Å². The van der Waals surface area contributed by atoms with Crippen LogP contribution in [0.15, 0.2) is 15.2 Å². The molecule has 0 aliphatic carbocycles. The summed E-state index contributed by atoms with van der Waals surface area (Å²) >= 11 is 7.12. The van der Waals surface area contributed by atoms with Gasteiger partial charge < -0.3 is 0 Å². The quantitative estimate of drug-likeness (QED) is 0.608. The Balaban J connectivity index is 2.95. The fourth-order valence-electron chi connectivity index (χ4n) is 0.909. The van der Waals surface area contributed by atoms with E-state index in [0.717, 1.165) is 0 Å². The van der Waals surface area contributed by atoms with Crippen molar-refractivity contribution in [2.45, 2.75) is 0 Å². The molecule has 0 N–H and O–H groups in total. The number of rotatable bonds is 0. The Morgan fingerprint density at radius 2 is 1.90 bits per heavy atom. The molecular formula is C6H4BBrS2. The molecular weight excluding hydrogens is 227 g/mol. The summed E-state index contributed by atoms with van der Waals surface area (Å²) in [6.07, 6.45) is 0. The van der Waals surface area contributed by atoms with Crippen molar-refractivity contribution in [1.29, 1.82) is 0 Å². The summed E-state index contributed by atoms with van der Waals surface area (Å²) in [4.78, 5) is 0. The lowest BCUT2D eigenvalue weighted by Crippen LogP contribution is -1.93. The second-order valence-corrected chi connectivity index (χ2v) is 4.77. The summed E-state index contributed by atoms with van der Waals surface area (Å²) in [7, 11) is 2.15. The van der Waals surface area contributed by atoms with Crippen LogP contribution >= 0.6 is 38.6 Å². The first-order valence-electron chi connectivity index (χ1n) is 2.90. The Labute approximate surface area is 76.4 Å². The lowest BCUT2D eigenvalue weighted by atomic mass is 10.0. The van der Waals surface area contributed by atoms with Crippen molar-refractivity contribution in [3.63, 3.8) is 0 Å². The summed E-state index contributed by atoms with van der Waals surface area (Å²) in [5, 5.41) is 4.35. The van der Waals surface area contributed by atoms with Crippen LogP contribution in [0.2, 0.25) is 0 Å². The number of thiophene rings is 2. The summed E-state index contributed by atoms with van der Waals surface area (Å²) in [5.74, 6) is 0. The van der Waals surface area contributed by atoms with Crippen LogP contribution in [0.4, 0.5) is 0 Å². The van der Waals surface area contributed by atoms with Gasteiger partial charge in [0.25, 0.3) is 0 Å². The van der Waals surface area contributed by atoms with Gasteiger partial charge in [0.15, 0.2) is 0 Å². The van der Waals surface area contributed by atoms with Gasteiger partial charge in [-0.05, 0) is 21.3 Å². The molecule has 2 aromatic rings. The number of halogens is 1. The maximum atomic E-state index is 3.50. The van der Waals surface area contributed by atoms with Gasteiger partial charge in [0, 0.05) is 14.6 Å². The highest BCUT2D eigenvalue weighted by atomic mass is 79.9. The lowest BCUT2D eigenvalue weighted by Gasteiger charge is -1.76. The first kappa shape index (κ1) is 6.89. The maximum absolute atomic E-state index is 3.50. The van der Waals surface area contributed by atoms with Crippen molar-refractivity contribution >= 4 is 61.3 Å². The monoisotopic (exact) mass is 230 g/mol. The summed E-state index contributed by atoms with van der Waals surface area (Å²) in [6, 6.07) is 0. The molecule has 0 saturated heterocycles. The van der Waals surface area contributed by atoms with Gasteiger partial charge in [0.1, 0.15) is 7.85 Å². The van der Waals surface area contributed by atoms with Crippen molar-refractivity contribution in [3.8, 4) is 0 Å². The standard InChI is InChI=1S/C6H4BBrS2/c7-3-1-9-6-4(8)2-10-5(3)6/h1-2H,7H2. The average molecular weight is 231 g/mol. The van der Waals surface area contributed by atoms with Crippen LogP contribution in [0.25, 0.3) is 9.40 Å². The van der Waals surface area contributed by atoms with Crippen molar-refractivity contribution in [2.24, 2.45) is 0 Å². The minimum atomic E-state index is 1.24. The van der Waals surface area contributed by atoms with Crippen molar-refractivity contribution in [1.82, 2.24) is 0 Å². The van der Waals surface area contributed by atoms with Crippen molar-refractivity contribution < 1.29 is 0 Å². The fourth-order valence-corrected chi connectivity index (χ4v) is 3.89. The van der Waals surface area contributed by atoms with E-state index in [4.69, 9.17) is 0 Å². The summed E-state index contributed by atoms with van der Waals surface area (Å²) < 4.78 is 4.06. The number of hydrogen-bond acceptors (Lipinski definition) is 2. The highest BCUT2D eigenvalue weighted by molar-refractivity contribution is 9.10. The van der Waals surface area contributed by atoms with Gasteiger partial charge in [-0.15, -0.1) is 22.7 Å². The van der Waals surface area contributed by atoms with Crippen LogP contribution in [0.5, 0.6) is 0 Å². The fraction of sp³-hybridized carbons (Fsp3) is 0. The van der Waals surface area contributed by atoms with Crippen LogP contribution in [0.3, 0.4) is 0 Å². The molecule has 0 bridgehead atoms. The van der Waals surface area contributed by atoms with Gasteiger partial charge in [-0.1, -0.05) is 5.46 Å². The van der Waals surface area contributed by atoms with E-state index in [1.54, 1.807) is 0 Å². The van der Waals surface area contributed by atoms with Crippen LogP contribution < -0.4 is 5.46 Å². The number of fused-ring (bicyclic) bond motifs is 1. The zero-order valence-corrected chi connectivity index (χ0v) is 8.57. The zero-order valence-electron chi connectivity index (χ0n) is 5.35. The van der Waals surface area contributed by atoms with E-state index in [1.807, 2.05) is 22.7 Å². The molecule has 50 valence electrons. The second-order valence-electron chi connectivity index (χ2n) is 2.16. The SMILES string of the molecule is Bc1csc2c(Br)csc12. The maximum Gasteiger partial charge on any atom is 0.142 e. The van der Waals surface area contributed by atoms with E-state index < -0.39 is 0 Å².